The molecular formula is C13H15NO. The molecule has 1 aliphatic carbocycles. The number of hydrogen-bond acceptors (Lipinski definition) is 2. The highest BCUT2D eigenvalue weighted by Crippen LogP contribution is 2.23. The van der Waals surface area contributed by atoms with Crippen molar-refractivity contribution in [1.82, 2.24) is 0 Å². The molecule has 2 heteroatoms. The minimum absolute atomic E-state index is 0.852. The molecule has 0 atom stereocenters. The number of oxime groups is 1. The maximum atomic E-state index is 8.89. The smallest absolute Gasteiger partial charge is 0.0827 e. The molecule has 2 nitrogen and oxygen atoms in total. The second kappa shape index (κ2) is 4.78. The van der Waals surface area contributed by atoms with Crippen LogP contribution in [0.1, 0.15) is 31.2 Å². The van der Waals surface area contributed by atoms with Gasteiger partial charge >= 0.3 is 0 Å². The van der Waals surface area contributed by atoms with E-state index in [1.54, 1.807) is 0 Å². The summed E-state index contributed by atoms with van der Waals surface area (Å²) in [6.45, 7) is 0. The van der Waals surface area contributed by atoms with Crippen molar-refractivity contribution in [3.63, 3.8) is 0 Å². The first kappa shape index (κ1) is 9.97. The normalized spacial score (nSPS) is 22.1. The summed E-state index contributed by atoms with van der Waals surface area (Å²) in [6, 6.07) is 10.2. The fourth-order valence-corrected chi connectivity index (χ4v) is 1.93. The molecule has 0 aliphatic heterocycles. The Morgan fingerprint density at radius 2 is 1.80 bits per heavy atom. The van der Waals surface area contributed by atoms with Crippen molar-refractivity contribution in [2.75, 3.05) is 0 Å². The Hall–Kier alpha value is -1.57. The lowest BCUT2D eigenvalue weighted by Crippen LogP contribution is -2.08. The van der Waals surface area contributed by atoms with E-state index in [1.807, 2.05) is 18.2 Å². The molecule has 2 rings (SSSR count). The largest absolute Gasteiger partial charge is 0.411 e. The van der Waals surface area contributed by atoms with Crippen LogP contribution in [0.4, 0.5) is 0 Å². The van der Waals surface area contributed by atoms with Crippen molar-refractivity contribution in [3.05, 3.63) is 41.5 Å². The van der Waals surface area contributed by atoms with E-state index in [4.69, 9.17) is 5.21 Å². The molecule has 1 aliphatic rings. The Morgan fingerprint density at radius 3 is 2.53 bits per heavy atom. The number of benzene rings is 1. The Bertz CT molecular complexity index is 379. The van der Waals surface area contributed by atoms with Crippen LogP contribution in [-0.4, -0.2) is 10.9 Å². The third-order valence-corrected chi connectivity index (χ3v) is 2.74. The molecule has 0 amide bonds. The van der Waals surface area contributed by atoms with Gasteiger partial charge in [-0.2, -0.15) is 0 Å². The minimum atomic E-state index is 0.852. The molecule has 1 saturated carbocycles. The average Bonchev–Trinajstić information content (AvgIpc) is 2.31. The number of rotatable bonds is 1. The van der Waals surface area contributed by atoms with Crippen LogP contribution in [0.3, 0.4) is 0 Å². The second-order valence-electron chi connectivity index (χ2n) is 3.83. The van der Waals surface area contributed by atoms with Gasteiger partial charge in [0.2, 0.25) is 0 Å². The van der Waals surface area contributed by atoms with Gasteiger partial charge in [-0.25, -0.2) is 0 Å². The zero-order valence-corrected chi connectivity index (χ0v) is 8.69. The fraction of sp³-hybridized carbons (Fsp3) is 0.308. The summed E-state index contributed by atoms with van der Waals surface area (Å²) in [5.74, 6) is 0. The lowest BCUT2D eigenvalue weighted by atomic mass is 9.91. The Morgan fingerprint density at radius 1 is 1.07 bits per heavy atom. The highest BCUT2D eigenvalue weighted by atomic mass is 16.4. The zero-order chi connectivity index (χ0) is 10.5. The van der Waals surface area contributed by atoms with Crippen molar-refractivity contribution < 1.29 is 5.21 Å². The Labute approximate surface area is 89.9 Å². The van der Waals surface area contributed by atoms with E-state index in [0.29, 0.717) is 0 Å². The van der Waals surface area contributed by atoms with Gasteiger partial charge in [-0.15, -0.1) is 0 Å². The van der Waals surface area contributed by atoms with Crippen molar-refractivity contribution in [1.29, 1.82) is 0 Å². The van der Waals surface area contributed by atoms with Crippen molar-refractivity contribution in [2.24, 2.45) is 5.16 Å². The maximum absolute atomic E-state index is 8.89. The molecule has 0 aromatic heterocycles. The number of allylic oxidation sites excluding steroid dienone is 1. The van der Waals surface area contributed by atoms with Crippen molar-refractivity contribution in [3.8, 4) is 0 Å². The van der Waals surface area contributed by atoms with Gasteiger partial charge < -0.3 is 5.21 Å². The summed E-state index contributed by atoms with van der Waals surface area (Å²) in [4.78, 5) is 0. The predicted octanol–water partition coefficient (Wildman–Crippen LogP) is 3.47. The van der Waals surface area contributed by atoms with Gasteiger partial charge in [-0.3, -0.25) is 0 Å². The molecular weight excluding hydrogens is 186 g/mol. The summed E-state index contributed by atoms with van der Waals surface area (Å²) in [5, 5.41) is 12.3. The quantitative estimate of drug-likeness (QED) is 0.547. The molecule has 0 unspecified atom stereocenters. The summed E-state index contributed by atoms with van der Waals surface area (Å²) in [7, 11) is 0. The Kier molecular flexibility index (Phi) is 3.18. The molecule has 0 spiro atoms. The van der Waals surface area contributed by atoms with E-state index in [2.05, 4.69) is 23.4 Å². The van der Waals surface area contributed by atoms with Gasteiger partial charge in [0.05, 0.1) is 5.71 Å². The van der Waals surface area contributed by atoms with Gasteiger partial charge in [0.25, 0.3) is 0 Å². The summed E-state index contributed by atoms with van der Waals surface area (Å²) in [6.07, 6.45) is 6.36. The van der Waals surface area contributed by atoms with Crippen LogP contribution in [0, 0.1) is 0 Å². The zero-order valence-electron chi connectivity index (χ0n) is 8.69. The second-order valence-corrected chi connectivity index (χ2v) is 3.83. The maximum Gasteiger partial charge on any atom is 0.0827 e. The standard InChI is InChI=1S/C13H15NO/c15-14-13-9-5-4-8-12(13)10-11-6-2-1-3-7-11/h1-3,6-7,10,15H,4-5,8-9H2/b12-10+,14-13-. The molecule has 1 aromatic carbocycles. The predicted molar refractivity (Wildman–Crippen MR) is 62.1 cm³/mol. The molecule has 1 aromatic rings. The lowest BCUT2D eigenvalue weighted by molar-refractivity contribution is 0.316. The SMILES string of the molecule is O/N=C1/CCCC/C1=C\c1ccccc1. The summed E-state index contributed by atoms with van der Waals surface area (Å²) >= 11 is 0. The van der Waals surface area contributed by atoms with Crippen molar-refractivity contribution in [2.45, 2.75) is 25.7 Å². The topological polar surface area (TPSA) is 32.6 Å². The van der Waals surface area contributed by atoms with E-state index >= 15 is 0 Å². The van der Waals surface area contributed by atoms with Gasteiger partial charge in [-0.05, 0) is 42.9 Å². The highest BCUT2D eigenvalue weighted by Gasteiger charge is 2.13. The third-order valence-electron chi connectivity index (χ3n) is 2.74. The van der Waals surface area contributed by atoms with E-state index < -0.39 is 0 Å². The molecule has 0 bridgehead atoms. The highest BCUT2D eigenvalue weighted by molar-refractivity contribution is 6.03. The van der Waals surface area contributed by atoms with Crippen LogP contribution in [0.2, 0.25) is 0 Å². The first-order chi connectivity index (χ1) is 7.40. The van der Waals surface area contributed by atoms with Crippen molar-refractivity contribution >= 4 is 11.8 Å². The lowest BCUT2D eigenvalue weighted by Gasteiger charge is -2.15. The summed E-state index contributed by atoms with van der Waals surface area (Å²) in [5.41, 5.74) is 3.20. The molecule has 0 saturated heterocycles. The average molecular weight is 201 g/mol. The van der Waals surface area contributed by atoms with Crippen LogP contribution in [0.5, 0.6) is 0 Å². The summed E-state index contributed by atoms with van der Waals surface area (Å²) < 4.78 is 0. The van der Waals surface area contributed by atoms with E-state index in [9.17, 15) is 0 Å². The van der Waals surface area contributed by atoms with Crippen LogP contribution < -0.4 is 0 Å². The third kappa shape index (κ3) is 2.46. The van der Waals surface area contributed by atoms with Gasteiger partial charge in [0.15, 0.2) is 0 Å². The first-order valence-electron chi connectivity index (χ1n) is 5.37. The number of nitrogens with zero attached hydrogens (tertiary/aromatic N) is 1. The first-order valence-corrected chi connectivity index (χ1v) is 5.37. The van der Waals surface area contributed by atoms with E-state index in [1.165, 1.54) is 17.6 Å². The van der Waals surface area contributed by atoms with E-state index in [0.717, 1.165) is 25.0 Å². The molecule has 1 fully saturated rings. The van der Waals surface area contributed by atoms with Crippen LogP contribution >= 0.6 is 0 Å². The van der Waals surface area contributed by atoms with Gasteiger partial charge in [-0.1, -0.05) is 35.5 Å². The van der Waals surface area contributed by atoms with Crippen LogP contribution in [0.15, 0.2) is 41.1 Å². The molecule has 0 heterocycles. The molecule has 1 N–H and O–H groups in total. The van der Waals surface area contributed by atoms with Crippen LogP contribution in [-0.2, 0) is 0 Å². The monoisotopic (exact) mass is 201 g/mol. The molecule has 0 radical (unpaired) electrons. The minimum Gasteiger partial charge on any atom is -0.411 e. The Balaban J connectivity index is 2.25. The van der Waals surface area contributed by atoms with Crippen LogP contribution in [0.25, 0.3) is 6.08 Å². The number of hydrogen-bond donors (Lipinski definition) is 1. The fourth-order valence-electron chi connectivity index (χ4n) is 1.93. The van der Waals surface area contributed by atoms with Gasteiger partial charge in [0.1, 0.15) is 0 Å². The van der Waals surface area contributed by atoms with Gasteiger partial charge in [0, 0.05) is 0 Å². The molecule has 15 heavy (non-hydrogen) atoms. The molecule has 78 valence electrons. The van der Waals surface area contributed by atoms with E-state index in [-0.39, 0.29) is 0 Å².